The molecule has 1 aliphatic heterocycles. The van der Waals surface area contributed by atoms with Crippen LogP contribution >= 0.6 is 0 Å². The van der Waals surface area contributed by atoms with Gasteiger partial charge in [0.15, 0.2) is 0 Å². The minimum Gasteiger partial charge on any atom is -0.349 e. The van der Waals surface area contributed by atoms with Crippen molar-refractivity contribution in [2.24, 2.45) is 5.92 Å². The molecule has 3 rings (SSSR count). The number of carbonyl (C=O) groups excluding carboxylic acids is 2. The lowest BCUT2D eigenvalue weighted by Crippen LogP contribution is -2.52. The maximum Gasteiger partial charge on any atom is 0.255 e. The summed E-state index contributed by atoms with van der Waals surface area (Å²) in [6, 6.07) is 2.00. The molecule has 1 aromatic rings. The molecule has 5 heteroatoms. The highest BCUT2D eigenvalue weighted by Gasteiger charge is 2.30. The SMILES string of the molecule is CCn1c(C)cc(C(=O)N2CCN(C(=O)C3CCCCC3)CC2)c1C. The van der Waals surface area contributed by atoms with Crippen LogP contribution in [-0.2, 0) is 11.3 Å². The highest BCUT2D eigenvalue weighted by Crippen LogP contribution is 2.26. The summed E-state index contributed by atoms with van der Waals surface area (Å²) in [4.78, 5) is 29.4. The van der Waals surface area contributed by atoms with E-state index in [0.717, 1.165) is 36.3 Å². The van der Waals surface area contributed by atoms with Crippen LogP contribution in [0, 0.1) is 19.8 Å². The van der Waals surface area contributed by atoms with Crippen molar-refractivity contribution in [3.63, 3.8) is 0 Å². The van der Waals surface area contributed by atoms with Gasteiger partial charge in [-0.25, -0.2) is 0 Å². The molecule has 0 atom stereocenters. The average Bonchev–Trinajstić information content (AvgIpc) is 2.95. The molecule has 2 heterocycles. The maximum absolute atomic E-state index is 12.9. The lowest BCUT2D eigenvalue weighted by Gasteiger charge is -2.37. The average molecular weight is 345 g/mol. The van der Waals surface area contributed by atoms with Crippen molar-refractivity contribution in [1.82, 2.24) is 14.4 Å². The molecule has 1 saturated heterocycles. The Labute approximate surface area is 151 Å². The first-order valence-electron chi connectivity index (χ1n) is 9.77. The number of rotatable bonds is 3. The van der Waals surface area contributed by atoms with Gasteiger partial charge in [0.2, 0.25) is 5.91 Å². The zero-order valence-corrected chi connectivity index (χ0v) is 15.9. The summed E-state index contributed by atoms with van der Waals surface area (Å²) in [5.74, 6) is 0.646. The first kappa shape index (κ1) is 18.0. The predicted molar refractivity (Wildman–Crippen MR) is 98.6 cm³/mol. The molecule has 2 fully saturated rings. The number of hydrogen-bond donors (Lipinski definition) is 0. The third-order valence-electron chi connectivity index (χ3n) is 5.95. The molecule has 0 bridgehead atoms. The van der Waals surface area contributed by atoms with Crippen LogP contribution in [-0.4, -0.2) is 52.4 Å². The van der Waals surface area contributed by atoms with Gasteiger partial charge < -0.3 is 14.4 Å². The molecule has 1 aromatic heterocycles. The molecular formula is C20H31N3O2. The number of hydrogen-bond acceptors (Lipinski definition) is 2. The second kappa shape index (κ2) is 7.63. The molecule has 0 spiro atoms. The van der Waals surface area contributed by atoms with Crippen LogP contribution in [0.5, 0.6) is 0 Å². The Balaban J connectivity index is 1.60. The van der Waals surface area contributed by atoms with E-state index in [1.807, 2.05) is 29.7 Å². The van der Waals surface area contributed by atoms with Crippen LogP contribution < -0.4 is 0 Å². The quantitative estimate of drug-likeness (QED) is 0.845. The summed E-state index contributed by atoms with van der Waals surface area (Å²) in [7, 11) is 0. The molecule has 2 aliphatic rings. The number of aryl methyl sites for hydroxylation is 1. The molecule has 0 radical (unpaired) electrons. The minimum atomic E-state index is 0.109. The van der Waals surface area contributed by atoms with E-state index in [4.69, 9.17) is 0 Å². The van der Waals surface area contributed by atoms with Gasteiger partial charge >= 0.3 is 0 Å². The van der Waals surface area contributed by atoms with Gasteiger partial charge in [-0.1, -0.05) is 19.3 Å². The van der Waals surface area contributed by atoms with Crippen LogP contribution in [0.15, 0.2) is 6.07 Å². The first-order valence-corrected chi connectivity index (χ1v) is 9.77. The summed E-state index contributed by atoms with van der Waals surface area (Å²) >= 11 is 0. The van der Waals surface area contributed by atoms with E-state index in [2.05, 4.69) is 11.5 Å². The first-order chi connectivity index (χ1) is 12.0. The van der Waals surface area contributed by atoms with E-state index in [0.29, 0.717) is 32.1 Å². The smallest absolute Gasteiger partial charge is 0.255 e. The molecule has 0 N–H and O–H groups in total. The summed E-state index contributed by atoms with van der Waals surface area (Å²) in [5.41, 5.74) is 2.99. The molecular weight excluding hydrogens is 314 g/mol. The fourth-order valence-corrected chi connectivity index (χ4v) is 4.41. The van der Waals surface area contributed by atoms with Gasteiger partial charge in [0.05, 0.1) is 5.56 Å². The largest absolute Gasteiger partial charge is 0.349 e. The van der Waals surface area contributed by atoms with E-state index in [1.165, 1.54) is 19.3 Å². The predicted octanol–water partition coefficient (Wildman–Crippen LogP) is 2.99. The van der Waals surface area contributed by atoms with Crippen molar-refractivity contribution in [1.29, 1.82) is 0 Å². The van der Waals surface area contributed by atoms with Crippen LogP contribution in [0.3, 0.4) is 0 Å². The molecule has 0 aromatic carbocycles. The van der Waals surface area contributed by atoms with Crippen molar-refractivity contribution in [3.8, 4) is 0 Å². The van der Waals surface area contributed by atoms with Crippen molar-refractivity contribution < 1.29 is 9.59 Å². The van der Waals surface area contributed by atoms with E-state index in [9.17, 15) is 9.59 Å². The van der Waals surface area contributed by atoms with Crippen LogP contribution in [0.25, 0.3) is 0 Å². The Hall–Kier alpha value is -1.78. The molecule has 138 valence electrons. The molecule has 2 amide bonds. The van der Waals surface area contributed by atoms with Gasteiger partial charge in [-0.05, 0) is 39.7 Å². The van der Waals surface area contributed by atoms with Gasteiger partial charge in [-0.3, -0.25) is 9.59 Å². The maximum atomic E-state index is 12.9. The highest BCUT2D eigenvalue weighted by atomic mass is 16.2. The second-order valence-electron chi connectivity index (χ2n) is 7.48. The third-order valence-corrected chi connectivity index (χ3v) is 5.95. The number of amides is 2. The van der Waals surface area contributed by atoms with Gasteiger partial charge in [0.25, 0.3) is 5.91 Å². The van der Waals surface area contributed by atoms with Gasteiger partial charge in [-0.2, -0.15) is 0 Å². The Bertz CT molecular complexity index is 636. The monoisotopic (exact) mass is 345 g/mol. The highest BCUT2D eigenvalue weighted by molar-refractivity contribution is 5.96. The number of aromatic nitrogens is 1. The number of nitrogens with zero attached hydrogens (tertiary/aromatic N) is 3. The van der Waals surface area contributed by atoms with Gasteiger partial charge in [0, 0.05) is 50.0 Å². The number of piperazine rings is 1. The van der Waals surface area contributed by atoms with Crippen molar-refractivity contribution in [2.75, 3.05) is 26.2 Å². The standard InChI is InChI=1S/C20H31N3O2/c1-4-23-15(2)14-18(16(23)3)20(25)22-12-10-21(11-13-22)19(24)17-8-6-5-7-9-17/h14,17H,4-13H2,1-3H3. The molecule has 1 saturated carbocycles. The number of carbonyl (C=O) groups is 2. The third kappa shape index (κ3) is 3.60. The molecule has 0 unspecified atom stereocenters. The fourth-order valence-electron chi connectivity index (χ4n) is 4.41. The fraction of sp³-hybridized carbons (Fsp3) is 0.700. The van der Waals surface area contributed by atoms with Crippen molar-refractivity contribution in [3.05, 3.63) is 23.0 Å². The van der Waals surface area contributed by atoms with Crippen LogP contribution in [0.1, 0.15) is 60.8 Å². The summed E-state index contributed by atoms with van der Waals surface area (Å²) in [6.07, 6.45) is 5.72. The minimum absolute atomic E-state index is 0.109. The van der Waals surface area contributed by atoms with E-state index < -0.39 is 0 Å². The topological polar surface area (TPSA) is 45.6 Å². The Morgan fingerprint density at radius 3 is 2.16 bits per heavy atom. The molecule has 1 aliphatic carbocycles. The van der Waals surface area contributed by atoms with Crippen LogP contribution in [0.4, 0.5) is 0 Å². The second-order valence-corrected chi connectivity index (χ2v) is 7.48. The summed E-state index contributed by atoms with van der Waals surface area (Å²) < 4.78 is 2.18. The lowest BCUT2D eigenvalue weighted by molar-refractivity contribution is -0.138. The summed E-state index contributed by atoms with van der Waals surface area (Å²) in [5, 5.41) is 0. The summed E-state index contributed by atoms with van der Waals surface area (Å²) in [6.45, 7) is 9.69. The zero-order chi connectivity index (χ0) is 18.0. The van der Waals surface area contributed by atoms with Crippen molar-refractivity contribution >= 4 is 11.8 Å². The Kier molecular flexibility index (Phi) is 5.50. The van der Waals surface area contributed by atoms with Crippen LogP contribution in [0.2, 0.25) is 0 Å². The van der Waals surface area contributed by atoms with E-state index >= 15 is 0 Å². The Morgan fingerprint density at radius 1 is 1.00 bits per heavy atom. The van der Waals surface area contributed by atoms with E-state index in [-0.39, 0.29) is 11.8 Å². The molecule has 5 nitrogen and oxygen atoms in total. The van der Waals surface area contributed by atoms with Gasteiger partial charge in [-0.15, -0.1) is 0 Å². The molecule has 25 heavy (non-hydrogen) atoms. The van der Waals surface area contributed by atoms with Gasteiger partial charge in [0.1, 0.15) is 0 Å². The lowest BCUT2D eigenvalue weighted by atomic mass is 9.88. The zero-order valence-electron chi connectivity index (χ0n) is 15.9. The Morgan fingerprint density at radius 2 is 1.60 bits per heavy atom. The van der Waals surface area contributed by atoms with E-state index in [1.54, 1.807) is 0 Å². The van der Waals surface area contributed by atoms with Crippen molar-refractivity contribution in [2.45, 2.75) is 59.4 Å². The normalized spacial score (nSPS) is 19.3.